The van der Waals surface area contributed by atoms with Gasteiger partial charge in [-0.1, -0.05) is 54.6 Å². The Kier molecular flexibility index (Phi) is 3.67. The second-order valence-corrected chi connectivity index (χ2v) is 9.50. The van der Waals surface area contributed by atoms with Gasteiger partial charge in [-0.2, -0.15) is 0 Å². The number of nitrogens with zero attached hydrogens (tertiary/aromatic N) is 2. The quantitative estimate of drug-likeness (QED) is 0.297. The van der Waals surface area contributed by atoms with Gasteiger partial charge in [0.1, 0.15) is 0 Å². The highest BCUT2D eigenvalue weighted by molar-refractivity contribution is 6.09. The molecule has 2 aliphatic rings. The average Bonchev–Trinajstić information content (AvgIpc) is 3.47. The molecule has 5 aromatic rings. The number of fused-ring (bicyclic) bond motifs is 8. The van der Waals surface area contributed by atoms with Crippen molar-refractivity contribution in [3.63, 3.8) is 0 Å². The first-order valence-corrected chi connectivity index (χ1v) is 11.7. The van der Waals surface area contributed by atoms with Crippen molar-refractivity contribution >= 4 is 27.5 Å². The van der Waals surface area contributed by atoms with Crippen molar-refractivity contribution in [1.82, 2.24) is 4.57 Å². The third-order valence-corrected chi connectivity index (χ3v) is 7.92. The van der Waals surface area contributed by atoms with E-state index in [0.29, 0.717) is 17.9 Å². The molecule has 4 aromatic carbocycles. The molecule has 2 nitrogen and oxygen atoms in total. The van der Waals surface area contributed by atoms with Gasteiger partial charge in [-0.05, 0) is 66.9 Å². The maximum absolute atomic E-state index is 2.63. The Balaban J connectivity index is 1.47. The van der Waals surface area contributed by atoms with E-state index in [4.69, 9.17) is 0 Å². The molecule has 156 valence electrons. The minimum atomic E-state index is 0.522. The Morgan fingerprint density at radius 3 is 2.34 bits per heavy atom. The Hall–Kier alpha value is -3.52. The van der Waals surface area contributed by atoms with E-state index >= 15 is 0 Å². The summed E-state index contributed by atoms with van der Waals surface area (Å²) in [6, 6.07) is 34.1. The van der Waals surface area contributed by atoms with Crippen molar-refractivity contribution in [2.45, 2.75) is 31.7 Å². The molecule has 1 saturated heterocycles. The number of benzene rings is 4. The van der Waals surface area contributed by atoms with Crippen LogP contribution in [0.2, 0.25) is 0 Å². The summed E-state index contributed by atoms with van der Waals surface area (Å²) in [6.07, 6.45) is 0. The first-order valence-electron chi connectivity index (χ1n) is 11.7. The molecular weight excluding hydrogens is 388 g/mol. The van der Waals surface area contributed by atoms with Crippen molar-refractivity contribution in [3.8, 4) is 5.69 Å². The molecule has 0 N–H and O–H groups in total. The van der Waals surface area contributed by atoms with Crippen LogP contribution in [0, 0.1) is 6.92 Å². The fraction of sp³-hybridized carbons (Fsp3) is 0.200. The van der Waals surface area contributed by atoms with Gasteiger partial charge in [0.05, 0.1) is 11.0 Å². The lowest BCUT2D eigenvalue weighted by Crippen LogP contribution is -2.31. The number of para-hydroxylation sites is 3. The van der Waals surface area contributed by atoms with Crippen LogP contribution in [0.25, 0.3) is 27.5 Å². The molecule has 32 heavy (non-hydrogen) atoms. The lowest BCUT2D eigenvalue weighted by Gasteiger charge is -2.33. The Bertz CT molecular complexity index is 1490. The Labute approximate surface area is 188 Å². The van der Waals surface area contributed by atoms with Gasteiger partial charge in [0.25, 0.3) is 0 Å². The van der Waals surface area contributed by atoms with E-state index in [9.17, 15) is 0 Å². The molecule has 0 radical (unpaired) electrons. The van der Waals surface area contributed by atoms with E-state index in [1.165, 1.54) is 49.9 Å². The SMILES string of the molecule is Cc1cc2c(cc1C1C3CN(c4ccccc43)C1C)c1ccccc1n2-c1ccccc1. The molecule has 1 aromatic heterocycles. The zero-order valence-electron chi connectivity index (χ0n) is 18.5. The highest BCUT2D eigenvalue weighted by Gasteiger charge is 2.47. The number of hydrogen-bond donors (Lipinski definition) is 0. The van der Waals surface area contributed by atoms with Crippen molar-refractivity contribution in [2.75, 3.05) is 11.4 Å². The van der Waals surface area contributed by atoms with Crippen molar-refractivity contribution in [2.24, 2.45) is 0 Å². The molecule has 1 fully saturated rings. The fourth-order valence-corrected chi connectivity index (χ4v) is 6.52. The van der Waals surface area contributed by atoms with Crippen molar-refractivity contribution in [3.05, 3.63) is 108 Å². The normalized spacial score (nSPS) is 21.6. The van der Waals surface area contributed by atoms with E-state index in [-0.39, 0.29) is 0 Å². The first-order chi connectivity index (χ1) is 15.7. The largest absolute Gasteiger partial charge is 0.367 e. The molecule has 7 rings (SSSR count). The van der Waals surface area contributed by atoms with Crippen molar-refractivity contribution in [1.29, 1.82) is 0 Å². The first kappa shape index (κ1) is 18.1. The molecule has 2 bridgehead atoms. The summed E-state index contributed by atoms with van der Waals surface area (Å²) >= 11 is 0. The van der Waals surface area contributed by atoms with Crippen molar-refractivity contribution < 1.29 is 0 Å². The van der Waals surface area contributed by atoms with Gasteiger partial charge in [0, 0.05) is 46.6 Å². The summed E-state index contributed by atoms with van der Waals surface area (Å²) < 4.78 is 2.42. The molecule has 3 atom stereocenters. The van der Waals surface area contributed by atoms with Crippen LogP contribution in [0.5, 0.6) is 0 Å². The molecule has 3 heterocycles. The van der Waals surface area contributed by atoms with Gasteiger partial charge >= 0.3 is 0 Å². The maximum Gasteiger partial charge on any atom is 0.0543 e. The molecule has 3 unspecified atom stereocenters. The summed E-state index contributed by atoms with van der Waals surface area (Å²) in [7, 11) is 0. The van der Waals surface area contributed by atoms with Crippen LogP contribution in [0.1, 0.15) is 35.4 Å². The average molecular weight is 415 g/mol. The number of anilines is 1. The van der Waals surface area contributed by atoms with Crippen LogP contribution >= 0.6 is 0 Å². The van der Waals surface area contributed by atoms with E-state index in [0.717, 1.165) is 6.54 Å². The van der Waals surface area contributed by atoms with Gasteiger partial charge in [0.2, 0.25) is 0 Å². The van der Waals surface area contributed by atoms with Gasteiger partial charge in [0.15, 0.2) is 0 Å². The maximum atomic E-state index is 2.63. The highest BCUT2D eigenvalue weighted by Crippen LogP contribution is 2.54. The molecule has 0 spiro atoms. The summed E-state index contributed by atoms with van der Waals surface area (Å²) in [5.41, 5.74) is 9.70. The van der Waals surface area contributed by atoms with E-state index in [1.54, 1.807) is 0 Å². The van der Waals surface area contributed by atoms with E-state index < -0.39 is 0 Å². The standard InChI is InChI=1S/C30H26N2/c1-19-16-29-25(22-12-7-9-15-28(22)32(29)21-10-4-3-5-11-21)17-24(19)30-20(2)31-18-26(30)23-13-6-8-14-27(23)31/h3-17,20,26,30H,18H2,1-2H3. The number of rotatable bonds is 2. The Morgan fingerprint density at radius 2 is 1.47 bits per heavy atom. The molecule has 0 amide bonds. The summed E-state index contributed by atoms with van der Waals surface area (Å²) in [6.45, 7) is 5.87. The van der Waals surface area contributed by atoms with E-state index in [1.807, 2.05) is 0 Å². The van der Waals surface area contributed by atoms with Gasteiger partial charge in [-0.3, -0.25) is 0 Å². The van der Waals surface area contributed by atoms with E-state index in [2.05, 4.69) is 114 Å². The van der Waals surface area contributed by atoms with Crippen LogP contribution in [-0.2, 0) is 0 Å². The third-order valence-electron chi connectivity index (χ3n) is 7.92. The monoisotopic (exact) mass is 414 g/mol. The predicted molar refractivity (Wildman–Crippen MR) is 134 cm³/mol. The lowest BCUT2D eigenvalue weighted by atomic mass is 9.77. The molecular formula is C30H26N2. The zero-order chi connectivity index (χ0) is 21.4. The number of hydrogen-bond acceptors (Lipinski definition) is 1. The van der Waals surface area contributed by atoms with Gasteiger partial charge in [-0.15, -0.1) is 0 Å². The van der Waals surface area contributed by atoms with Gasteiger partial charge < -0.3 is 9.47 Å². The minimum Gasteiger partial charge on any atom is -0.367 e. The van der Waals surface area contributed by atoms with Crippen LogP contribution in [0.4, 0.5) is 5.69 Å². The lowest BCUT2D eigenvalue weighted by molar-refractivity contribution is 0.567. The zero-order valence-corrected chi connectivity index (χ0v) is 18.5. The highest BCUT2D eigenvalue weighted by atomic mass is 15.2. The Morgan fingerprint density at radius 1 is 0.719 bits per heavy atom. The molecule has 2 heteroatoms. The molecule has 0 aliphatic carbocycles. The topological polar surface area (TPSA) is 8.17 Å². The second kappa shape index (κ2) is 6.49. The molecule has 2 aliphatic heterocycles. The fourth-order valence-electron chi connectivity index (χ4n) is 6.52. The number of aromatic nitrogens is 1. The third kappa shape index (κ3) is 2.30. The van der Waals surface area contributed by atoms with Crippen LogP contribution in [0.15, 0.2) is 91.0 Å². The number of aryl methyl sites for hydroxylation is 1. The van der Waals surface area contributed by atoms with Crippen LogP contribution < -0.4 is 4.90 Å². The predicted octanol–water partition coefficient (Wildman–Crippen LogP) is 7.18. The summed E-state index contributed by atoms with van der Waals surface area (Å²) in [5.74, 6) is 1.12. The second-order valence-electron chi connectivity index (χ2n) is 9.50. The van der Waals surface area contributed by atoms with Crippen LogP contribution in [0.3, 0.4) is 0 Å². The summed E-state index contributed by atoms with van der Waals surface area (Å²) in [5, 5.41) is 2.70. The minimum absolute atomic E-state index is 0.522. The molecule has 0 saturated carbocycles. The van der Waals surface area contributed by atoms with Gasteiger partial charge in [-0.25, -0.2) is 0 Å². The smallest absolute Gasteiger partial charge is 0.0543 e. The van der Waals surface area contributed by atoms with Crippen LogP contribution in [-0.4, -0.2) is 17.2 Å². The summed E-state index contributed by atoms with van der Waals surface area (Å²) in [4.78, 5) is 2.63.